The molecule has 3 rings (SSSR count). The molecule has 1 aliphatic heterocycles. The lowest BCUT2D eigenvalue weighted by Gasteiger charge is -2.37. The number of nitrogens with zero attached hydrogens (tertiary/aromatic N) is 1. The molecule has 1 atom stereocenters. The van der Waals surface area contributed by atoms with Crippen LogP contribution in [0.5, 0.6) is 5.75 Å². The number of carbonyl (C=O) groups is 2. The molecule has 0 fully saturated rings. The summed E-state index contributed by atoms with van der Waals surface area (Å²) in [6.07, 6.45) is -0.000814. The standard InChI is InChI=1S/C25H33FN2O4Si/c1-25(2,3)32-24(30)28-13-12-16-14-18(31-4)9-10-19(16)22(28)23(29)27-17-8-11-21(20(26)15-17)33(5,6)7/h8-11,14-15,22H,12-13H2,1-7H3,(H,27,29)/t22-/m1/s1. The fourth-order valence-corrected chi connectivity index (χ4v) is 5.31. The van der Waals surface area contributed by atoms with Crippen molar-refractivity contribution in [2.45, 2.75) is 58.5 Å². The molecule has 2 aromatic carbocycles. The van der Waals surface area contributed by atoms with Crippen molar-refractivity contribution in [1.82, 2.24) is 4.90 Å². The Morgan fingerprint density at radius 2 is 1.82 bits per heavy atom. The van der Waals surface area contributed by atoms with Gasteiger partial charge in [-0.2, -0.15) is 0 Å². The van der Waals surface area contributed by atoms with Crippen molar-refractivity contribution < 1.29 is 23.5 Å². The Hall–Kier alpha value is -2.87. The third-order valence-electron chi connectivity index (χ3n) is 5.50. The van der Waals surface area contributed by atoms with Crippen molar-refractivity contribution in [1.29, 1.82) is 0 Å². The molecular formula is C25H33FN2O4Si. The molecule has 1 heterocycles. The number of ether oxygens (including phenoxy) is 2. The molecule has 0 bridgehead atoms. The van der Waals surface area contributed by atoms with Gasteiger partial charge in [-0.05, 0) is 67.8 Å². The summed E-state index contributed by atoms with van der Waals surface area (Å²) < 4.78 is 25.6. The first kappa shape index (κ1) is 24.8. The second-order valence-electron chi connectivity index (χ2n) is 10.3. The number of hydrogen-bond donors (Lipinski definition) is 1. The van der Waals surface area contributed by atoms with E-state index < -0.39 is 31.7 Å². The highest BCUT2D eigenvalue weighted by Crippen LogP contribution is 2.34. The highest BCUT2D eigenvalue weighted by Gasteiger charge is 2.38. The SMILES string of the molecule is COc1ccc2c(c1)CCN(C(=O)OC(C)(C)C)[C@H]2C(=O)Nc1ccc([Si](C)(C)C)c(F)c1. The fraction of sp³-hybridized carbons (Fsp3) is 0.440. The van der Waals surface area contributed by atoms with Crippen molar-refractivity contribution in [2.75, 3.05) is 19.0 Å². The molecule has 8 heteroatoms. The van der Waals surface area contributed by atoms with Gasteiger partial charge in [0.2, 0.25) is 0 Å². The van der Waals surface area contributed by atoms with E-state index in [4.69, 9.17) is 9.47 Å². The van der Waals surface area contributed by atoms with Crippen LogP contribution in [0.15, 0.2) is 36.4 Å². The number of carbonyl (C=O) groups excluding carboxylic acids is 2. The van der Waals surface area contributed by atoms with Crippen LogP contribution >= 0.6 is 0 Å². The number of benzene rings is 2. The van der Waals surface area contributed by atoms with Crippen LogP contribution in [-0.2, 0) is 16.0 Å². The Balaban J connectivity index is 1.95. The molecule has 0 saturated carbocycles. The van der Waals surface area contributed by atoms with Crippen molar-refractivity contribution in [3.8, 4) is 5.75 Å². The van der Waals surface area contributed by atoms with Crippen LogP contribution in [0.1, 0.15) is 37.9 Å². The summed E-state index contributed by atoms with van der Waals surface area (Å²) in [6.45, 7) is 11.9. The minimum Gasteiger partial charge on any atom is -0.497 e. The Kier molecular flexibility index (Phi) is 6.88. The second-order valence-corrected chi connectivity index (χ2v) is 15.4. The van der Waals surface area contributed by atoms with E-state index >= 15 is 0 Å². The van der Waals surface area contributed by atoms with Crippen molar-refractivity contribution in [3.05, 3.63) is 53.3 Å². The van der Waals surface area contributed by atoms with E-state index in [9.17, 15) is 14.0 Å². The van der Waals surface area contributed by atoms with Gasteiger partial charge in [0.15, 0.2) is 0 Å². The topological polar surface area (TPSA) is 67.9 Å². The average Bonchev–Trinajstić information content (AvgIpc) is 2.70. The Labute approximate surface area is 196 Å². The summed E-state index contributed by atoms with van der Waals surface area (Å²) in [5, 5.41) is 3.50. The van der Waals surface area contributed by atoms with Crippen LogP contribution in [0.3, 0.4) is 0 Å². The monoisotopic (exact) mass is 472 g/mol. The molecule has 0 radical (unpaired) electrons. The summed E-state index contributed by atoms with van der Waals surface area (Å²) in [4.78, 5) is 27.9. The minimum absolute atomic E-state index is 0.316. The van der Waals surface area contributed by atoms with E-state index in [-0.39, 0.29) is 5.82 Å². The molecule has 0 unspecified atom stereocenters. The van der Waals surface area contributed by atoms with E-state index in [1.54, 1.807) is 52.1 Å². The number of nitrogens with one attached hydrogen (secondary N) is 1. The van der Waals surface area contributed by atoms with E-state index in [0.29, 0.717) is 35.2 Å². The first-order chi connectivity index (χ1) is 15.3. The zero-order valence-corrected chi connectivity index (χ0v) is 21.4. The number of amides is 2. The number of anilines is 1. The zero-order chi connectivity index (χ0) is 24.6. The van der Waals surface area contributed by atoms with E-state index in [1.165, 1.54) is 11.0 Å². The minimum atomic E-state index is -1.85. The Morgan fingerprint density at radius 1 is 1.12 bits per heavy atom. The molecule has 2 aromatic rings. The molecule has 0 aromatic heterocycles. The van der Waals surface area contributed by atoms with Crippen LogP contribution in [0.25, 0.3) is 0 Å². The molecule has 6 nitrogen and oxygen atoms in total. The third kappa shape index (κ3) is 5.74. The van der Waals surface area contributed by atoms with Crippen LogP contribution in [0.4, 0.5) is 14.9 Å². The second kappa shape index (κ2) is 9.17. The van der Waals surface area contributed by atoms with Gasteiger partial charge in [0, 0.05) is 12.2 Å². The molecule has 1 aliphatic rings. The fourth-order valence-electron chi connectivity index (χ4n) is 3.94. The van der Waals surface area contributed by atoms with Crippen LogP contribution < -0.4 is 15.2 Å². The van der Waals surface area contributed by atoms with Gasteiger partial charge < -0.3 is 14.8 Å². The van der Waals surface area contributed by atoms with Crippen LogP contribution in [-0.4, -0.2) is 44.2 Å². The van der Waals surface area contributed by atoms with Gasteiger partial charge in [-0.1, -0.05) is 31.8 Å². The van der Waals surface area contributed by atoms with Gasteiger partial charge in [0.1, 0.15) is 23.2 Å². The summed E-state index contributed by atoms with van der Waals surface area (Å²) in [5.41, 5.74) is 1.28. The van der Waals surface area contributed by atoms with Crippen molar-refractivity contribution in [3.63, 3.8) is 0 Å². The molecule has 33 heavy (non-hydrogen) atoms. The highest BCUT2D eigenvalue weighted by atomic mass is 28.3. The summed E-state index contributed by atoms with van der Waals surface area (Å²) in [7, 11) is -0.264. The van der Waals surface area contributed by atoms with Gasteiger partial charge in [0.25, 0.3) is 5.91 Å². The number of halogens is 1. The van der Waals surface area contributed by atoms with Crippen LogP contribution in [0.2, 0.25) is 19.6 Å². The highest BCUT2D eigenvalue weighted by molar-refractivity contribution is 6.88. The Morgan fingerprint density at radius 3 is 2.39 bits per heavy atom. The lowest BCUT2D eigenvalue weighted by Crippen LogP contribution is -2.47. The molecule has 178 valence electrons. The summed E-state index contributed by atoms with van der Waals surface area (Å²) >= 11 is 0. The molecule has 0 spiro atoms. The van der Waals surface area contributed by atoms with Crippen molar-refractivity contribution in [2.24, 2.45) is 0 Å². The third-order valence-corrected chi connectivity index (χ3v) is 7.52. The molecule has 2 amide bonds. The average molecular weight is 473 g/mol. The maximum Gasteiger partial charge on any atom is 0.411 e. The molecule has 0 saturated heterocycles. The van der Waals surface area contributed by atoms with Gasteiger partial charge in [-0.3, -0.25) is 9.69 Å². The predicted molar refractivity (Wildman–Crippen MR) is 130 cm³/mol. The number of methoxy groups -OCH3 is 1. The van der Waals surface area contributed by atoms with E-state index in [0.717, 1.165) is 5.56 Å². The van der Waals surface area contributed by atoms with Crippen LogP contribution in [0, 0.1) is 5.82 Å². The molecular weight excluding hydrogens is 439 g/mol. The lowest BCUT2D eigenvalue weighted by molar-refractivity contribution is -0.121. The first-order valence-electron chi connectivity index (χ1n) is 11.1. The predicted octanol–water partition coefficient (Wildman–Crippen LogP) is 4.85. The first-order valence-corrected chi connectivity index (χ1v) is 14.6. The number of hydrogen-bond acceptors (Lipinski definition) is 4. The van der Waals surface area contributed by atoms with Gasteiger partial charge in [0.05, 0.1) is 15.2 Å². The van der Waals surface area contributed by atoms with Gasteiger partial charge in [-0.25, -0.2) is 9.18 Å². The van der Waals surface area contributed by atoms with E-state index in [2.05, 4.69) is 25.0 Å². The maximum atomic E-state index is 14.7. The number of rotatable bonds is 4. The molecule has 1 N–H and O–H groups in total. The largest absolute Gasteiger partial charge is 0.497 e. The zero-order valence-electron chi connectivity index (χ0n) is 20.4. The lowest BCUT2D eigenvalue weighted by atomic mass is 9.92. The smallest absolute Gasteiger partial charge is 0.411 e. The van der Waals surface area contributed by atoms with E-state index in [1.807, 2.05) is 6.07 Å². The normalized spacial score (nSPS) is 16.1. The number of fused-ring (bicyclic) bond motifs is 1. The molecule has 0 aliphatic carbocycles. The Bertz CT molecular complexity index is 1060. The maximum absolute atomic E-state index is 14.7. The van der Waals surface area contributed by atoms with Gasteiger partial charge in [-0.15, -0.1) is 0 Å². The van der Waals surface area contributed by atoms with Gasteiger partial charge >= 0.3 is 6.09 Å². The quantitative estimate of drug-likeness (QED) is 0.646. The summed E-state index contributed by atoms with van der Waals surface area (Å²) in [5.74, 6) is -0.0699. The van der Waals surface area contributed by atoms with Crippen molar-refractivity contribution >= 4 is 30.9 Å². The summed E-state index contributed by atoms with van der Waals surface area (Å²) in [6, 6.07) is 9.33.